The van der Waals surface area contributed by atoms with Gasteiger partial charge in [0.2, 0.25) is 20.9 Å². The molecule has 1 fully saturated rings. The average molecular weight is 445 g/mol. The van der Waals surface area contributed by atoms with Crippen LogP contribution in [-0.4, -0.2) is 41.0 Å². The van der Waals surface area contributed by atoms with E-state index in [1.807, 2.05) is 0 Å². The van der Waals surface area contributed by atoms with Crippen LogP contribution in [0.4, 0.5) is 14.5 Å². The highest BCUT2D eigenvalue weighted by atomic mass is 32.2. The topological polar surface area (TPSA) is 105 Å². The van der Waals surface area contributed by atoms with Gasteiger partial charge in [-0.15, -0.1) is 5.10 Å². The van der Waals surface area contributed by atoms with Gasteiger partial charge in [-0.25, -0.2) is 13.4 Å². The van der Waals surface area contributed by atoms with Crippen molar-refractivity contribution in [1.82, 2.24) is 15.2 Å². The summed E-state index contributed by atoms with van der Waals surface area (Å²) in [6, 6.07) is 5.08. The van der Waals surface area contributed by atoms with Gasteiger partial charge in [0.1, 0.15) is 5.82 Å². The monoisotopic (exact) mass is 444 g/mol. The molecule has 0 aliphatic heterocycles. The van der Waals surface area contributed by atoms with Crippen LogP contribution in [0, 0.1) is 5.92 Å². The Morgan fingerprint density at radius 1 is 1.28 bits per heavy atom. The summed E-state index contributed by atoms with van der Waals surface area (Å²) in [5.74, 6) is -2.67. The fourth-order valence-corrected chi connectivity index (χ4v) is 4.83. The lowest BCUT2D eigenvalue weighted by Crippen LogP contribution is -2.19. The fraction of sp³-hybridized carbons (Fsp3) is 0.500. The third-order valence-electron chi connectivity index (χ3n) is 4.81. The summed E-state index contributed by atoms with van der Waals surface area (Å²) in [6.07, 6.45) is 6.98. The van der Waals surface area contributed by atoms with Gasteiger partial charge in [-0.2, -0.15) is 8.78 Å². The number of rotatable bonds is 9. The van der Waals surface area contributed by atoms with Gasteiger partial charge in [0.25, 0.3) is 0 Å². The van der Waals surface area contributed by atoms with E-state index in [-0.39, 0.29) is 11.4 Å². The molecule has 3 rings (SSSR count). The van der Waals surface area contributed by atoms with Gasteiger partial charge in [0.15, 0.2) is 0 Å². The van der Waals surface area contributed by atoms with E-state index in [4.69, 9.17) is 0 Å². The minimum Gasteiger partial charge on any atom is -0.324 e. The number of carbonyl (C=O) groups is 1. The van der Waals surface area contributed by atoms with Gasteiger partial charge < -0.3 is 5.32 Å². The third-order valence-corrected chi connectivity index (χ3v) is 7.10. The lowest BCUT2D eigenvalue weighted by Gasteiger charge is -2.10. The second kappa shape index (κ2) is 9.66. The number of thioether (sulfide) groups is 1. The number of hydrogen-bond donors (Lipinski definition) is 2. The van der Waals surface area contributed by atoms with Crippen LogP contribution in [0.2, 0.25) is 0 Å². The third kappa shape index (κ3) is 5.75. The molecular formula is C18H22F2N4O3S2. The molecular weight excluding hydrogens is 422 g/mol. The molecule has 1 saturated carbocycles. The normalized spacial score (nSPS) is 15.1. The fourth-order valence-electron chi connectivity index (χ4n) is 3.32. The molecule has 1 aliphatic rings. The highest BCUT2D eigenvalue weighted by Crippen LogP contribution is 2.29. The Hall–Kier alpha value is -2.01. The Kier molecular flexibility index (Phi) is 7.23. The van der Waals surface area contributed by atoms with Gasteiger partial charge in [-0.1, -0.05) is 49.6 Å². The average Bonchev–Trinajstić information content (AvgIpc) is 3.37. The first-order valence-corrected chi connectivity index (χ1v) is 11.8. The van der Waals surface area contributed by atoms with E-state index in [9.17, 15) is 22.0 Å². The van der Waals surface area contributed by atoms with Crippen LogP contribution >= 0.6 is 11.8 Å². The number of aromatic nitrogens is 3. The zero-order chi connectivity index (χ0) is 20.9. The molecule has 1 aliphatic carbocycles. The van der Waals surface area contributed by atoms with Crippen molar-refractivity contribution in [2.24, 2.45) is 5.92 Å². The Morgan fingerprint density at radius 3 is 2.72 bits per heavy atom. The van der Waals surface area contributed by atoms with Gasteiger partial charge in [0.05, 0.1) is 16.3 Å². The predicted molar refractivity (Wildman–Crippen MR) is 106 cm³/mol. The van der Waals surface area contributed by atoms with Gasteiger partial charge in [-0.05, 0) is 24.5 Å². The molecule has 0 bridgehead atoms. The van der Waals surface area contributed by atoms with Crippen LogP contribution in [0.15, 0.2) is 34.3 Å². The lowest BCUT2D eigenvalue weighted by atomic mass is 10.0. The highest BCUT2D eigenvalue weighted by Gasteiger charge is 2.29. The Bertz CT molecular complexity index is 944. The highest BCUT2D eigenvalue weighted by molar-refractivity contribution is 7.99. The summed E-state index contributed by atoms with van der Waals surface area (Å²) < 4.78 is 49.1. The number of hydrogen-bond acceptors (Lipinski definition) is 6. The second-order valence-electron chi connectivity index (χ2n) is 6.89. The van der Waals surface area contributed by atoms with Crippen molar-refractivity contribution in [3.05, 3.63) is 30.1 Å². The predicted octanol–water partition coefficient (Wildman–Crippen LogP) is 3.65. The summed E-state index contributed by atoms with van der Waals surface area (Å²) in [5, 5.41) is 9.73. The number of alkyl halides is 2. The molecule has 7 nitrogen and oxygen atoms in total. The van der Waals surface area contributed by atoms with Crippen LogP contribution in [0.5, 0.6) is 0 Å². The van der Waals surface area contributed by atoms with Crippen LogP contribution < -0.4 is 5.32 Å². The summed E-state index contributed by atoms with van der Waals surface area (Å²) in [5.41, 5.74) is -0.175. The number of halogens is 2. The number of aromatic amines is 1. The lowest BCUT2D eigenvalue weighted by molar-refractivity contribution is -0.113. The molecule has 0 atom stereocenters. The number of nitrogens with zero attached hydrogens (tertiary/aromatic N) is 2. The zero-order valence-electron chi connectivity index (χ0n) is 15.6. The van der Waals surface area contributed by atoms with Crippen LogP contribution in [0.1, 0.15) is 37.9 Å². The van der Waals surface area contributed by atoms with Crippen molar-refractivity contribution < 1.29 is 22.0 Å². The van der Waals surface area contributed by atoms with E-state index in [1.54, 1.807) is 0 Å². The van der Waals surface area contributed by atoms with Crippen molar-refractivity contribution in [2.75, 3.05) is 11.1 Å². The number of sulfone groups is 1. The SMILES string of the molecule is O=C(CSc1n[nH]c(CCC2CCCC2)n1)Nc1ccccc1S(=O)(=O)C(F)F. The molecule has 0 saturated heterocycles. The molecule has 2 aromatic rings. The number of aryl methyl sites for hydroxylation is 1. The maximum absolute atomic E-state index is 12.8. The van der Waals surface area contributed by atoms with E-state index >= 15 is 0 Å². The molecule has 29 heavy (non-hydrogen) atoms. The van der Waals surface area contributed by atoms with Crippen molar-refractivity contribution in [2.45, 2.75) is 54.3 Å². The maximum Gasteiger partial charge on any atom is 0.341 e. The molecule has 1 aromatic heterocycles. The number of nitrogens with one attached hydrogen (secondary N) is 2. The van der Waals surface area contributed by atoms with Gasteiger partial charge in [0, 0.05) is 6.42 Å². The van der Waals surface area contributed by atoms with E-state index in [2.05, 4.69) is 20.5 Å². The van der Waals surface area contributed by atoms with Crippen molar-refractivity contribution >= 4 is 33.2 Å². The number of carbonyl (C=O) groups excluding carboxylic acids is 1. The van der Waals surface area contributed by atoms with E-state index in [1.165, 1.54) is 43.9 Å². The molecule has 11 heteroatoms. The molecule has 1 aromatic carbocycles. The quantitative estimate of drug-likeness (QED) is 0.572. The van der Waals surface area contributed by atoms with Gasteiger partial charge >= 0.3 is 5.76 Å². The second-order valence-corrected chi connectivity index (χ2v) is 9.72. The Labute approximate surface area is 172 Å². The standard InChI is InChI=1S/C18H22F2N4O3S2/c19-17(20)29(26,27)14-8-4-3-7-13(14)21-16(25)11-28-18-22-15(23-24-18)10-9-12-5-1-2-6-12/h3-4,7-8,12,17H,1-2,5-6,9-11H2,(H,21,25)(H,22,23,24). The van der Waals surface area contributed by atoms with E-state index in [0.717, 1.165) is 42.4 Å². The molecule has 1 heterocycles. The largest absolute Gasteiger partial charge is 0.341 e. The number of anilines is 1. The van der Waals surface area contributed by atoms with E-state index in [0.29, 0.717) is 5.16 Å². The van der Waals surface area contributed by atoms with Crippen molar-refractivity contribution in [1.29, 1.82) is 0 Å². The first kappa shape index (κ1) is 21.7. The summed E-state index contributed by atoms with van der Waals surface area (Å²) >= 11 is 1.08. The van der Waals surface area contributed by atoms with Crippen LogP contribution in [0.25, 0.3) is 0 Å². The van der Waals surface area contributed by atoms with Gasteiger partial charge in [-0.3, -0.25) is 9.89 Å². The first-order chi connectivity index (χ1) is 13.9. The summed E-state index contributed by atoms with van der Waals surface area (Å²) in [7, 11) is -4.82. The molecule has 158 valence electrons. The Balaban J connectivity index is 1.53. The van der Waals surface area contributed by atoms with Crippen LogP contribution in [-0.2, 0) is 21.1 Å². The molecule has 0 radical (unpaired) electrons. The minimum absolute atomic E-state index is 0.0804. The van der Waals surface area contributed by atoms with E-state index < -0.39 is 26.4 Å². The number of H-pyrrole nitrogens is 1. The summed E-state index contributed by atoms with van der Waals surface area (Å²) in [6.45, 7) is 0. The molecule has 1 amide bonds. The Morgan fingerprint density at radius 2 is 2.00 bits per heavy atom. The molecule has 0 unspecified atom stereocenters. The van der Waals surface area contributed by atoms with Crippen molar-refractivity contribution in [3.8, 4) is 0 Å². The number of para-hydroxylation sites is 1. The number of benzene rings is 1. The molecule has 0 spiro atoms. The minimum atomic E-state index is -4.82. The smallest absolute Gasteiger partial charge is 0.324 e. The first-order valence-electron chi connectivity index (χ1n) is 9.31. The zero-order valence-corrected chi connectivity index (χ0v) is 17.2. The van der Waals surface area contributed by atoms with Crippen LogP contribution in [0.3, 0.4) is 0 Å². The summed E-state index contributed by atoms with van der Waals surface area (Å²) in [4.78, 5) is 15.9. The number of amides is 1. The maximum atomic E-state index is 12.8. The van der Waals surface area contributed by atoms with Crippen molar-refractivity contribution in [3.63, 3.8) is 0 Å². The molecule has 2 N–H and O–H groups in total.